The highest BCUT2D eigenvalue weighted by atomic mass is 19.4. The van der Waals surface area contributed by atoms with Crippen LogP contribution in [0.2, 0.25) is 0 Å². The number of alkyl halides is 6. The minimum Gasteiger partial charge on any atom is -0.475 e. The lowest BCUT2D eigenvalue weighted by Gasteiger charge is -2.29. The molecule has 0 aliphatic heterocycles. The number of hydrogen-bond acceptors (Lipinski definition) is 6. The Hall–Kier alpha value is -5.29. The molecule has 0 amide bonds. The SMILES string of the molecule is Cn1cncc1C(O)(c1ccc2nc(C(F)(F)F)c(Cc3ccccc3)c(C#N)c2c1)c1ccccn1.O=C(O)C(F)(F)F. The van der Waals surface area contributed by atoms with Crippen LogP contribution in [-0.4, -0.2) is 41.9 Å². The number of halogens is 6. The third-order valence-electron chi connectivity index (χ3n) is 6.57. The smallest absolute Gasteiger partial charge is 0.475 e. The number of rotatable bonds is 5. The van der Waals surface area contributed by atoms with Gasteiger partial charge in [-0.1, -0.05) is 42.5 Å². The zero-order valence-corrected chi connectivity index (χ0v) is 22.6. The lowest BCUT2D eigenvalue weighted by molar-refractivity contribution is -0.192. The summed E-state index contributed by atoms with van der Waals surface area (Å²) in [7, 11) is 1.72. The van der Waals surface area contributed by atoms with Crippen LogP contribution < -0.4 is 0 Å². The van der Waals surface area contributed by atoms with E-state index in [0.29, 0.717) is 22.5 Å². The number of carboxylic acid groups (broad SMARTS) is 1. The monoisotopic (exact) mass is 613 g/mol. The number of aromatic nitrogens is 4. The molecule has 14 heteroatoms. The Kier molecular flexibility index (Phi) is 8.73. The molecule has 8 nitrogen and oxygen atoms in total. The number of carbonyl (C=O) groups is 1. The second-order valence-corrected chi connectivity index (χ2v) is 9.44. The fraction of sp³-hybridized carbons (Fsp3) is 0.167. The molecule has 0 saturated heterocycles. The molecule has 5 rings (SSSR count). The zero-order valence-electron chi connectivity index (χ0n) is 22.6. The molecule has 2 aromatic carbocycles. The standard InChI is InChI=1S/C28H20F3N5O.C2HF3O2/c1-36-17-33-16-25(36)27(37,24-9-5-6-12-34-24)19-10-11-23-20(14-19)22(15-32)21(26(35-23)28(29,30)31)13-18-7-3-2-4-8-18;3-2(4,5)1(6)7/h2-12,14,16-17,37H,13H2,1H3;(H,6,7). The van der Waals surface area contributed by atoms with Crippen molar-refractivity contribution in [3.63, 3.8) is 0 Å². The van der Waals surface area contributed by atoms with E-state index in [1.165, 1.54) is 36.9 Å². The van der Waals surface area contributed by atoms with Gasteiger partial charge in [0.2, 0.25) is 0 Å². The molecule has 0 saturated carbocycles. The summed E-state index contributed by atoms with van der Waals surface area (Å²) in [5, 5.41) is 29.5. The zero-order chi connectivity index (χ0) is 32.3. The van der Waals surface area contributed by atoms with Crippen LogP contribution in [0, 0.1) is 11.3 Å². The number of aliphatic hydroxyl groups is 1. The highest BCUT2D eigenvalue weighted by Gasteiger charge is 2.40. The molecule has 0 aliphatic rings. The molecule has 5 aromatic rings. The normalized spacial score (nSPS) is 13.0. The van der Waals surface area contributed by atoms with Crippen LogP contribution >= 0.6 is 0 Å². The number of hydrogen-bond donors (Lipinski definition) is 2. The molecule has 1 atom stereocenters. The first-order chi connectivity index (χ1) is 20.7. The van der Waals surface area contributed by atoms with Crippen molar-refractivity contribution >= 4 is 16.9 Å². The summed E-state index contributed by atoms with van der Waals surface area (Å²) in [5.74, 6) is -2.76. The van der Waals surface area contributed by atoms with Crippen molar-refractivity contribution in [1.29, 1.82) is 5.26 Å². The van der Waals surface area contributed by atoms with Gasteiger partial charge in [0.1, 0.15) is 11.8 Å². The van der Waals surface area contributed by atoms with Crippen molar-refractivity contribution in [3.05, 3.63) is 125 Å². The molecule has 226 valence electrons. The molecule has 0 spiro atoms. The van der Waals surface area contributed by atoms with E-state index in [4.69, 9.17) is 9.90 Å². The highest BCUT2D eigenvalue weighted by Crippen LogP contribution is 2.40. The van der Waals surface area contributed by atoms with Crippen molar-refractivity contribution in [1.82, 2.24) is 19.5 Å². The van der Waals surface area contributed by atoms with Crippen LogP contribution in [0.25, 0.3) is 10.9 Å². The van der Waals surface area contributed by atoms with E-state index in [2.05, 4.69) is 15.0 Å². The van der Waals surface area contributed by atoms with E-state index in [1.54, 1.807) is 60.1 Å². The molecule has 0 bridgehead atoms. The number of carboxylic acids is 1. The number of pyridine rings is 2. The Bertz CT molecular complexity index is 1830. The molecular formula is C30H21F6N5O3. The first-order valence-electron chi connectivity index (χ1n) is 12.6. The maximum Gasteiger partial charge on any atom is 0.490 e. The summed E-state index contributed by atoms with van der Waals surface area (Å²) >= 11 is 0. The van der Waals surface area contributed by atoms with E-state index in [-0.39, 0.29) is 28.5 Å². The first kappa shape index (κ1) is 31.6. The molecule has 2 N–H and O–H groups in total. The van der Waals surface area contributed by atoms with Gasteiger partial charge in [0.25, 0.3) is 0 Å². The van der Waals surface area contributed by atoms with Gasteiger partial charge in [-0.15, -0.1) is 0 Å². The third-order valence-corrected chi connectivity index (χ3v) is 6.57. The molecule has 0 fully saturated rings. The van der Waals surface area contributed by atoms with E-state index in [0.717, 1.165) is 0 Å². The third kappa shape index (κ3) is 6.37. The Morgan fingerprint density at radius 2 is 1.66 bits per heavy atom. The van der Waals surface area contributed by atoms with Gasteiger partial charge < -0.3 is 14.8 Å². The largest absolute Gasteiger partial charge is 0.490 e. The van der Waals surface area contributed by atoms with Crippen LogP contribution in [0.5, 0.6) is 0 Å². The van der Waals surface area contributed by atoms with Gasteiger partial charge in [0.15, 0.2) is 5.60 Å². The van der Waals surface area contributed by atoms with Gasteiger partial charge in [-0.2, -0.15) is 31.6 Å². The topological polar surface area (TPSA) is 125 Å². The number of imidazole rings is 1. The second-order valence-electron chi connectivity index (χ2n) is 9.44. The van der Waals surface area contributed by atoms with Gasteiger partial charge in [-0.25, -0.2) is 14.8 Å². The van der Waals surface area contributed by atoms with Crippen LogP contribution in [0.15, 0.2) is 85.5 Å². The number of nitrogens with zero attached hydrogens (tertiary/aromatic N) is 5. The number of fused-ring (bicyclic) bond motifs is 1. The summed E-state index contributed by atoms with van der Waals surface area (Å²) in [4.78, 5) is 21.3. The number of aryl methyl sites for hydroxylation is 1. The van der Waals surface area contributed by atoms with Crippen LogP contribution in [0.4, 0.5) is 26.3 Å². The average Bonchev–Trinajstić information content (AvgIpc) is 3.42. The predicted molar refractivity (Wildman–Crippen MR) is 144 cm³/mol. The fourth-order valence-electron chi connectivity index (χ4n) is 4.57. The van der Waals surface area contributed by atoms with Crippen molar-refractivity contribution in [2.45, 2.75) is 24.4 Å². The molecule has 0 aliphatic carbocycles. The molecule has 3 heterocycles. The van der Waals surface area contributed by atoms with Crippen molar-refractivity contribution in [2.24, 2.45) is 7.05 Å². The minimum absolute atomic E-state index is 0.00202. The summed E-state index contributed by atoms with van der Waals surface area (Å²) in [6, 6.07) is 20.1. The van der Waals surface area contributed by atoms with Crippen LogP contribution in [0.1, 0.15) is 39.3 Å². The van der Waals surface area contributed by atoms with Crippen LogP contribution in [0.3, 0.4) is 0 Å². The molecule has 1 unspecified atom stereocenters. The fourth-order valence-corrected chi connectivity index (χ4v) is 4.57. The summed E-state index contributed by atoms with van der Waals surface area (Å²) in [6.07, 6.45) is -5.41. The highest BCUT2D eigenvalue weighted by molar-refractivity contribution is 5.87. The number of benzene rings is 2. The number of aliphatic carboxylic acids is 1. The summed E-state index contributed by atoms with van der Waals surface area (Å²) < 4.78 is 75.6. The number of nitriles is 1. The Labute approximate surface area is 245 Å². The van der Waals surface area contributed by atoms with Crippen molar-refractivity contribution < 1.29 is 41.4 Å². The molecule has 44 heavy (non-hydrogen) atoms. The van der Waals surface area contributed by atoms with Gasteiger partial charge in [0.05, 0.1) is 35.0 Å². The van der Waals surface area contributed by atoms with E-state index >= 15 is 0 Å². The lowest BCUT2D eigenvalue weighted by atomic mass is 9.85. The van der Waals surface area contributed by atoms with Gasteiger partial charge in [-0.05, 0) is 35.4 Å². The Morgan fingerprint density at radius 1 is 1.00 bits per heavy atom. The Morgan fingerprint density at radius 3 is 2.18 bits per heavy atom. The summed E-state index contributed by atoms with van der Waals surface area (Å²) in [5.41, 5.74) is -1.64. The van der Waals surface area contributed by atoms with Crippen molar-refractivity contribution in [3.8, 4) is 6.07 Å². The van der Waals surface area contributed by atoms with Gasteiger partial charge in [-0.3, -0.25) is 4.98 Å². The van der Waals surface area contributed by atoms with E-state index in [9.17, 15) is 36.7 Å². The van der Waals surface area contributed by atoms with E-state index in [1.807, 2.05) is 6.07 Å². The van der Waals surface area contributed by atoms with Gasteiger partial charge in [0, 0.05) is 30.6 Å². The molecule has 3 aromatic heterocycles. The maximum atomic E-state index is 14.1. The van der Waals surface area contributed by atoms with E-state index < -0.39 is 29.6 Å². The predicted octanol–water partition coefficient (Wildman–Crippen LogP) is 5.76. The first-order valence-corrected chi connectivity index (χ1v) is 12.6. The Balaban J connectivity index is 0.000000566. The maximum absolute atomic E-state index is 14.1. The van der Waals surface area contributed by atoms with Crippen LogP contribution in [-0.2, 0) is 30.0 Å². The van der Waals surface area contributed by atoms with Crippen molar-refractivity contribution in [2.75, 3.05) is 0 Å². The molecule has 0 radical (unpaired) electrons. The quantitative estimate of drug-likeness (QED) is 0.242. The second kappa shape index (κ2) is 12.1. The summed E-state index contributed by atoms with van der Waals surface area (Å²) in [6.45, 7) is 0. The minimum atomic E-state index is -5.08. The molecular weight excluding hydrogens is 592 g/mol. The van der Waals surface area contributed by atoms with Gasteiger partial charge >= 0.3 is 18.3 Å². The lowest BCUT2D eigenvalue weighted by Crippen LogP contribution is -2.32. The average molecular weight is 614 g/mol.